The summed E-state index contributed by atoms with van der Waals surface area (Å²) in [4.78, 5) is 10.4. The zero-order valence-electron chi connectivity index (χ0n) is 7.10. The molecular weight excluding hydrogens is 218 g/mol. The van der Waals surface area contributed by atoms with Crippen molar-refractivity contribution in [2.24, 2.45) is 0 Å². The van der Waals surface area contributed by atoms with Gasteiger partial charge in [-0.15, -0.1) is 0 Å². The number of aromatic carboxylic acids is 1. The molecule has 0 aromatic heterocycles. The van der Waals surface area contributed by atoms with Crippen LogP contribution in [0.2, 0.25) is 0 Å². The van der Waals surface area contributed by atoms with Crippen LogP contribution in [-0.4, -0.2) is 11.1 Å². The van der Waals surface area contributed by atoms with Gasteiger partial charge in [0, 0.05) is 5.69 Å². The molecular formula is C8H5F4NO2. The third-order valence-electron chi connectivity index (χ3n) is 1.63. The summed E-state index contributed by atoms with van der Waals surface area (Å²) in [5.41, 5.74) is 1.80. The first-order chi connectivity index (χ1) is 6.73. The highest BCUT2D eigenvalue weighted by Crippen LogP contribution is 2.34. The summed E-state index contributed by atoms with van der Waals surface area (Å²) >= 11 is 0. The van der Waals surface area contributed by atoms with E-state index in [1.54, 1.807) is 0 Å². The van der Waals surface area contributed by atoms with Crippen molar-refractivity contribution in [3.05, 3.63) is 29.1 Å². The number of carbonyl (C=O) groups is 1. The van der Waals surface area contributed by atoms with Gasteiger partial charge in [-0.25, -0.2) is 9.18 Å². The molecule has 7 heteroatoms. The number of alkyl halides is 3. The highest BCUT2D eigenvalue weighted by molar-refractivity contribution is 5.89. The van der Waals surface area contributed by atoms with Crippen molar-refractivity contribution in [3.8, 4) is 0 Å². The van der Waals surface area contributed by atoms with Crippen LogP contribution in [0, 0.1) is 5.82 Å². The van der Waals surface area contributed by atoms with E-state index < -0.39 is 34.8 Å². The van der Waals surface area contributed by atoms with E-state index >= 15 is 0 Å². The Morgan fingerprint density at radius 3 is 2.27 bits per heavy atom. The summed E-state index contributed by atoms with van der Waals surface area (Å²) in [6, 6.07) is 0.981. The quantitative estimate of drug-likeness (QED) is 0.566. The van der Waals surface area contributed by atoms with Crippen molar-refractivity contribution in [2.75, 3.05) is 5.73 Å². The van der Waals surface area contributed by atoms with Crippen LogP contribution < -0.4 is 5.73 Å². The number of halogens is 4. The smallest absolute Gasteiger partial charge is 0.419 e. The second-order valence-corrected chi connectivity index (χ2v) is 2.73. The molecule has 0 bridgehead atoms. The number of nitrogen functional groups attached to an aromatic ring is 1. The minimum absolute atomic E-state index is 0.349. The van der Waals surface area contributed by atoms with Crippen LogP contribution in [0.5, 0.6) is 0 Å². The van der Waals surface area contributed by atoms with Gasteiger partial charge < -0.3 is 10.8 Å². The number of anilines is 1. The average Bonchev–Trinajstić information content (AvgIpc) is 2.06. The summed E-state index contributed by atoms with van der Waals surface area (Å²) in [6.07, 6.45) is -4.97. The molecule has 1 rings (SSSR count). The SMILES string of the molecule is Nc1cc(C(=O)O)c(F)c(C(F)(F)F)c1. The Kier molecular flexibility index (Phi) is 2.57. The molecule has 82 valence electrons. The molecule has 0 heterocycles. The lowest BCUT2D eigenvalue weighted by atomic mass is 10.1. The Hall–Kier alpha value is -1.79. The summed E-state index contributed by atoms with van der Waals surface area (Å²) in [7, 11) is 0. The van der Waals surface area contributed by atoms with Gasteiger partial charge in [0.05, 0.1) is 11.1 Å². The summed E-state index contributed by atoms with van der Waals surface area (Å²) in [5.74, 6) is -3.63. The van der Waals surface area contributed by atoms with E-state index in [1.165, 1.54) is 0 Å². The van der Waals surface area contributed by atoms with Crippen LogP contribution in [0.3, 0.4) is 0 Å². The maximum Gasteiger partial charge on any atom is 0.419 e. The van der Waals surface area contributed by atoms with E-state index in [1.807, 2.05) is 0 Å². The largest absolute Gasteiger partial charge is 0.478 e. The number of hydrogen-bond acceptors (Lipinski definition) is 2. The first kappa shape index (κ1) is 11.3. The third-order valence-corrected chi connectivity index (χ3v) is 1.63. The molecule has 1 aromatic carbocycles. The maximum atomic E-state index is 13.0. The van der Waals surface area contributed by atoms with Crippen molar-refractivity contribution in [2.45, 2.75) is 6.18 Å². The van der Waals surface area contributed by atoms with E-state index in [4.69, 9.17) is 10.8 Å². The Labute approximate surface area is 81.1 Å². The second-order valence-electron chi connectivity index (χ2n) is 2.73. The summed E-state index contributed by atoms with van der Waals surface area (Å²) in [5, 5.41) is 8.42. The average molecular weight is 223 g/mol. The second kappa shape index (κ2) is 3.41. The topological polar surface area (TPSA) is 63.3 Å². The van der Waals surface area contributed by atoms with Gasteiger partial charge >= 0.3 is 12.1 Å². The molecule has 0 aliphatic rings. The third kappa shape index (κ3) is 2.17. The van der Waals surface area contributed by atoms with Crippen molar-refractivity contribution in [3.63, 3.8) is 0 Å². The highest BCUT2D eigenvalue weighted by Gasteiger charge is 2.36. The Morgan fingerprint density at radius 1 is 1.33 bits per heavy atom. The standard InChI is InChI=1S/C8H5F4NO2/c9-6-4(7(14)15)1-3(13)2-5(6)8(10,11)12/h1-2H,13H2,(H,14,15). The van der Waals surface area contributed by atoms with Crippen LogP contribution >= 0.6 is 0 Å². The molecule has 15 heavy (non-hydrogen) atoms. The Bertz CT molecular complexity index is 414. The Morgan fingerprint density at radius 2 is 1.87 bits per heavy atom. The normalized spacial score (nSPS) is 11.5. The minimum atomic E-state index is -4.97. The van der Waals surface area contributed by atoms with E-state index in [2.05, 4.69) is 0 Å². The van der Waals surface area contributed by atoms with Gasteiger partial charge in [0.1, 0.15) is 5.82 Å². The van der Waals surface area contributed by atoms with E-state index in [0.29, 0.717) is 12.1 Å². The van der Waals surface area contributed by atoms with Gasteiger partial charge in [0.25, 0.3) is 0 Å². The zero-order valence-corrected chi connectivity index (χ0v) is 7.10. The van der Waals surface area contributed by atoms with Crippen LogP contribution in [0.4, 0.5) is 23.2 Å². The molecule has 0 fully saturated rings. The fraction of sp³-hybridized carbons (Fsp3) is 0.125. The zero-order chi connectivity index (χ0) is 11.8. The predicted octanol–water partition coefficient (Wildman–Crippen LogP) is 2.12. The lowest BCUT2D eigenvalue weighted by Gasteiger charge is -2.10. The molecule has 0 aliphatic carbocycles. The molecule has 0 atom stereocenters. The molecule has 0 amide bonds. The van der Waals surface area contributed by atoms with Crippen molar-refractivity contribution in [1.82, 2.24) is 0 Å². The minimum Gasteiger partial charge on any atom is -0.478 e. The molecule has 3 nitrogen and oxygen atoms in total. The molecule has 0 aliphatic heterocycles. The van der Waals surface area contributed by atoms with Gasteiger partial charge in [-0.3, -0.25) is 0 Å². The molecule has 1 aromatic rings. The van der Waals surface area contributed by atoms with E-state index in [9.17, 15) is 22.4 Å². The van der Waals surface area contributed by atoms with Crippen LogP contribution in [0.25, 0.3) is 0 Å². The van der Waals surface area contributed by atoms with Crippen molar-refractivity contribution >= 4 is 11.7 Å². The summed E-state index contributed by atoms with van der Waals surface area (Å²) < 4.78 is 49.6. The van der Waals surface area contributed by atoms with Crippen LogP contribution in [0.15, 0.2) is 12.1 Å². The lowest BCUT2D eigenvalue weighted by molar-refractivity contribution is -0.139. The molecule has 3 N–H and O–H groups in total. The van der Waals surface area contributed by atoms with E-state index in [0.717, 1.165) is 0 Å². The van der Waals surface area contributed by atoms with Crippen LogP contribution in [-0.2, 0) is 6.18 Å². The van der Waals surface area contributed by atoms with Gasteiger partial charge in [0.2, 0.25) is 0 Å². The number of rotatable bonds is 1. The monoisotopic (exact) mass is 223 g/mol. The number of hydrogen-bond donors (Lipinski definition) is 2. The summed E-state index contributed by atoms with van der Waals surface area (Å²) in [6.45, 7) is 0. The first-order valence-electron chi connectivity index (χ1n) is 3.63. The number of benzene rings is 1. The van der Waals surface area contributed by atoms with E-state index in [-0.39, 0.29) is 0 Å². The van der Waals surface area contributed by atoms with Gasteiger partial charge in [-0.1, -0.05) is 0 Å². The van der Waals surface area contributed by atoms with Crippen LogP contribution in [0.1, 0.15) is 15.9 Å². The molecule has 0 radical (unpaired) electrons. The van der Waals surface area contributed by atoms with Gasteiger partial charge in [-0.05, 0) is 12.1 Å². The van der Waals surface area contributed by atoms with Gasteiger partial charge in [-0.2, -0.15) is 13.2 Å². The Balaban J connectivity index is 3.49. The lowest BCUT2D eigenvalue weighted by Crippen LogP contribution is -2.13. The number of carboxylic acids is 1. The van der Waals surface area contributed by atoms with Gasteiger partial charge in [0.15, 0.2) is 0 Å². The maximum absolute atomic E-state index is 13.0. The number of carboxylic acid groups (broad SMARTS) is 1. The number of nitrogens with two attached hydrogens (primary N) is 1. The highest BCUT2D eigenvalue weighted by atomic mass is 19.4. The van der Waals surface area contributed by atoms with Crippen molar-refractivity contribution < 1.29 is 27.5 Å². The molecule has 0 saturated heterocycles. The fourth-order valence-electron chi connectivity index (χ4n) is 1.01. The predicted molar refractivity (Wildman–Crippen MR) is 42.8 cm³/mol. The molecule has 0 saturated carbocycles. The molecule has 0 spiro atoms. The van der Waals surface area contributed by atoms with Crippen molar-refractivity contribution in [1.29, 1.82) is 0 Å². The fourth-order valence-corrected chi connectivity index (χ4v) is 1.01. The first-order valence-corrected chi connectivity index (χ1v) is 3.63. The molecule has 0 unspecified atom stereocenters.